The van der Waals surface area contributed by atoms with Gasteiger partial charge in [0.05, 0.1) is 13.0 Å². The summed E-state index contributed by atoms with van der Waals surface area (Å²) in [6.45, 7) is 2.12. The summed E-state index contributed by atoms with van der Waals surface area (Å²) in [5.41, 5.74) is 6.64. The fourth-order valence-electron chi connectivity index (χ4n) is 1.60. The molecule has 0 spiro atoms. The Bertz CT molecular complexity index is 327. The van der Waals surface area contributed by atoms with Crippen molar-refractivity contribution in [2.24, 2.45) is 5.73 Å². The Balaban J connectivity index is 2.56. The van der Waals surface area contributed by atoms with Crippen LogP contribution in [0.2, 0.25) is 0 Å². The van der Waals surface area contributed by atoms with Crippen molar-refractivity contribution in [3.63, 3.8) is 0 Å². The van der Waals surface area contributed by atoms with E-state index in [0.717, 1.165) is 5.56 Å². The lowest BCUT2D eigenvalue weighted by Gasteiger charge is -2.22. The Morgan fingerprint density at radius 2 is 2.06 bits per heavy atom. The molecular formula is C13H20N2O2. The topological polar surface area (TPSA) is 55.6 Å². The van der Waals surface area contributed by atoms with Gasteiger partial charge in [0.2, 0.25) is 5.91 Å². The second-order valence-electron chi connectivity index (χ2n) is 3.83. The van der Waals surface area contributed by atoms with Gasteiger partial charge in [-0.05, 0) is 5.56 Å². The summed E-state index contributed by atoms with van der Waals surface area (Å²) in [7, 11) is 1.59. The molecule has 0 atom stereocenters. The fourth-order valence-corrected chi connectivity index (χ4v) is 1.60. The van der Waals surface area contributed by atoms with Crippen molar-refractivity contribution in [2.75, 3.05) is 26.8 Å². The van der Waals surface area contributed by atoms with Crippen LogP contribution in [-0.4, -0.2) is 37.6 Å². The molecule has 4 heteroatoms. The number of hydrogen-bond acceptors (Lipinski definition) is 3. The summed E-state index contributed by atoms with van der Waals surface area (Å²) >= 11 is 0. The van der Waals surface area contributed by atoms with Crippen molar-refractivity contribution in [1.29, 1.82) is 0 Å². The SMILES string of the molecule is COCCC(=O)N(CCN)Cc1ccccc1. The largest absolute Gasteiger partial charge is 0.384 e. The second kappa shape index (κ2) is 7.81. The van der Waals surface area contributed by atoms with Gasteiger partial charge in [-0.1, -0.05) is 30.3 Å². The lowest BCUT2D eigenvalue weighted by Crippen LogP contribution is -2.35. The molecule has 2 N–H and O–H groups in total. The van der Waals surface area contributed by atoms with Crippen LogP contribution in [-0.2, 0) is 16.1 Å². The molecule has 0 bridgehead atoms. The first-order chi connectivity index (χ1) is 8.27. The molecule has 0 unspecified atom stereocenters. The molecule has 1 amide bonds. The van der Waals surface area contributed by atoms with Gasteiger partial charge in [-0.2, -0.15) is 0 Å². The van der Waals surface area contributed by atoms with Gasteiger partial charge in [0.25, 0.3) is 0 Å². The van der Waals surface area contributed by atoms with Crippen LogP contribution in [0.25, 0.3) is 0 Å². The van der Waals surface area contributed by atoms with E-state index < -0.39 is 0 Å². The highest BCUT2D eigenvalue weighted by Crippen LogP contribution is 2.05. The Morgan fingerprint density at radius 3 is 2.65 bits per heavy atom. The van der Waals surface area contributed by atoms with Gasteiger partial charge in [-0.25, -0.2) is 0 Å². The van der Waals surface area contributed by atoms with Gasteiger partial charge < -0.3 is 15.4 Å². The number of methoxy groups -OCH3 is 1. The normalized spacial score (nSPS) is 10.2. The van der Waals surface area contributed by atoms with Crippen LogP contribution in [0.1, 0.15) is 12.0 Å². The van der Waals surface area contributed by atoms with E-state index in [1.165, 1.54) is 0 Å². The molecule has 94 valence electrons. The number of nitrogens with two attached hydrogens (primary N) is 1. The van der Waals surface area contributed by atoms with E-state index >= 15 is 0 Å². The van der Waals surface area contributed by atoms with Gasteiger partial charge >= 0.3 is 0 Å². The minimum absolute atomic E-state index is 0.0844. The maximum absolute atomic E-state index is 11.9. The summed E-state index contributed by atoms with van der Waals surface area (Å²) in [5, 5.41) is 0. The molecule has 1 rings (SSSR count). The van der Waals surface area contributed by atoms with Crippen molar-refractivity contribution in [3.8, 4) is 0 Å². The Morgan fingerprint density at radius 1 is 1.35 bits per heavy atom. The number of amides is 1. The number of ether oxygens (including phenoxy) is 1. The summed E-state index contributed by atoms with van der Waals surface area (Å²) in [6.07, 6.45) is 0.406. The third-order valence-corrected chi connectivity index (χ3v) is 2.49. The van der Waals surface area contributed by atoms with Gasteiger partial charge in [0.15, 0.2) is 0 Å². The monoisotopic (exact) mass is 236 g/mol. The third-order valence-electron chi connectivity index (χ3n) is 2.49. The average molecular weight is 236 g/mol. The van der Waals surface area contributed by atoms with Crippen LogP contribution in [0, 0.1) is 0 Å². The maximum atomic E-state index is 11.9. The number of rotatable bonds is 7. The van der Waals surface area contributed by atoms with E-state index in [1.54, 1.807) is 12.0 Å². The number of carbonyl (C=O) groups excluding carboxylic acids is 1. The van der Waals surface area contributed by atoms with Crippen LogP contribution in [0.4, 0.5) is 0 Å². The van der Waals surface area contributed by atoms with Crippen LogP contribution < -0.4 is 5.73 Å². The minimum Gasteiger partial charge on any atom is -0.384 e. The fraction of sp³-hybridized carbons (Fsp3) is 0.462. The molecule has 0 aromatic heterocycles. The van der Waals surface area contributed by atoms with E-state index in [2.05, 4.69) is 0 Å². The predicted molar refractivity (Wildman–Crippen MR) is 67.4 cm³/mol. The number of nitrogens with zero attached hydrogens (tertiary/aromatic N) is 1. The van der Waals surface area contributed by atoms with Gasteiger partial charge in [0, 0.05) is 26.7 Å². The lowest BCUT2D eigenvalue weighted by atomic mass is 10.2. The van der Waals surface area contributed by atoms with Gasteiger partial charge in [-0.15, -0.1) is 0 Å². The highest BCUT2D eigenvalue weighted by Gasteiger charge is 2.12. The molecule has 0 heterocycles. The Labute approximate surface area is 102 Å². The molecule has 0 saturated carbocycles. The number of hydrogen-bond donors (Lipinski definition) is 1. The van der Waals surface area contributed by atoms with Crippen molar-refractivity contribution < 1.29 is 9.53 Å². The summed E-state index contributed by atoms with van der Waals surface area (Å²) < 4.78 is 4.91. The van der Waals surface area contributed by atoms with E-state index in [0.29, 0.717) is 32.7 Å². The molecule has 0 aliphatic rings. The lowest BCUT2D eigenvalue weighted by molar-refractivity contribution is -0.132. The highest BCUT2D eigenvalue weighted by atomic mass is 16.5. The van der Waals surface area contributed by atoms with E-state index in [9.17, 15) is 4.79 Å². The molecule has 17 heavy (non-hydrogen) atoms. The first-order valence-corrected chi connectivity index (χ1v) is 5.78. The van der Waals surface area contributed by atoms with E-state index in [-0.39, 0.29) is 5.91 Å². The van der Waals surface area contributed by atoms with E-state index in [4.69, 9.17) is 10.5 Å². The summed E-state index contributed by atoms with van der Waals surface area (Å²) in [5.74, 6) is 0.0844. The molecule has 1 aromatic rings. The quantitative estimate of drug-likeness (QED) is 0.768. The zero-order valence-electron chi connectivity index (χ0n) is 10.3. The van der Waals surface area contributed by atoms with E-state index in [1.807, 2.05) is 30.3 Å². The van der Waals surface area contributed by atoms with Crippen molar-refractivity contribution >= 4 is 5.91 Å². The molecule has 0 aliphatic carbocycles. The molecule has 0 aliphatic heterocycles. The van der Waals surface area contributed by atoms with Crippen molar-refractivity contribution in [2.45, 2.75) is 13.0 Å². The summed E-state index contributed by atoms with van der Waals surface area (Å²) in [4.78, 5) is 13.7. The second-order valence-corrected chi connectivity index (χ2v) is 3.83. The smallest absolute Gasteiger partial charge is 0.225 e. The first-order valence-electron chi connectivity index (χ1n) is 5.78. The van der Waals surface area contributed by atoms with Crippen LogP contribution >= 0.6 is 0 Å². The first kappa shape index (κ1) is 13.7. The molecule has 0 saturated heterocycles. The van der Waals surface area contributed by atoms with Crippen molar-refractivity contribution in [1.82, 2.24) is 4.90 Å². The Hall–Kier alpha value is -1.39. The highest BCUT2D eigenvalue weighted by molar-refractivity contribution is 5.76. The third kappa shape index (κ3) is 4.97. The molecule has 0 radical (unpaired) electrons. The average Bonchev–Trinajstić information content (AvgIpc) is 2.36. The Kier molecular flexibility index (Phi) is 6.29. The minimum atomic E-state index is 0.0844. The molecule has 4 nitrogen and oxygen atoms in total. The predicted octanol–water partition coefficient (Wildman–Crippen LogP) is 1.01. The van der Waals surface area contributed by atoms with Crippen molar-refractivity contribution in [3.05, 3.63) is 35.9 Å². The molecule has 0 fully saturated rings. The van der Waals surface area contributed by atoms with Gasteiger partial charge in [0.1, 0.15) is 0 Å². The molecular weight excluding hydrogens is 216 g/mol. The maximum Gasteiger partial charge on any atom is 0.225 e. The standard InChI is InChI=1S/C13H20N2O2/c1-17-10-7-13(16)15(9-8-14)11-12-5-3-2-4-6-12/h2-6H,7-11,14H2,1H3. The van der Waals surface area contributed by atoms with Crippen LogP contribution in [0.3, 0.4) is 0 Å². The number of carbonyl (C=O) groups is 1. The van der Waals surface area contributed by atoms with Gasteiger partial charge in [-0.3, -0.25) is 4.79 Å². The zero-order chi connectivity index (χ0) is 12.5. The van der Waals surface area contributed by atoms with Crippen LogP contribution in [0.5, 0.6) is 0 Å². The number of benzene rings is 1. The van der Waals surface area contributed by atoms with Crippen LogP contribution in [0.15, 0.2) is 30.3 Å². The molecule has 1 aromatic carbocycles. The summed E-state index contributed by atoms with van der Waals surface area (Å²) in [6, 6.07) is 9.91. The zero-order valence-corrected chi connectivity index (χ0v) is 10.3.